The number of hydrogen-bond donors (Lipinski definition) is 2. The van der Waals surface area contributed by atoms with Crippen LogP contribution in [0.15, 0.2) is 0 Å². The summed E-state index contributed by atoms with van der Waals surface area (Å²) in [6, 6.07) is 0.130. The first kappa shape index (κ1) is 13.8. The molecule has 2 aliphatic rings. The lowest BCUT2D eigenvalue weighted by atomic mass is 10.1. The first-order valence-corrected chi connectivity index (χ1v) is 6.92. The van der Waals surface area contributed by atoms with Gasteiger partial charge in [0.1, 0.15) is 6.04 Å². The van der Waals surface area contributed by atoms with Crippen molar-refractivity contribution in [3.8, 4) is 0 Å². The maximum absolute atomic E-state index is 11.3. The van der Waals surface area contributed by atoms with Gasteiger partial charge in [0.05, 0.1) is 12.7 Å². The van der Waals surface area contributed by atoms with Crippen LogP contribution >= 0.6 is 0 Å². The molecule has 18 heavy (non-hydrogen) atoms. The molecule has 5 nitrogen and oxygen atoms in total. The number of nitrogens with zero attached hydrogens (tertiary/aromatic N) is 1. The molecule has 1 aliphatic heterocycles. The maximum Gasteiger partial charge on any atom is 0.322 e. The molecule has 0 bridgehead atoms. The summed E-state index contributed by atoms with van der Waals surface area (Å²) in [6.07, 6.45) is 3.78. The van der Waals surface area contributed by atoms with Crippen LogP contribution in [0.1, 0.15) is 33.1 Å². The molecule has 0 radical (unpaired) electrons. The summed E-state index contributed by atoms with van der Waals surface area (Å²) < 4.78 is 5.75. The molecule has 0 aromatic heterocycles. The van der Waals surface area contributed by atoms with Crippen LogP contribution in [-0.2, 0) is 9.53 Å². The third-order valence-corrected chi connectivity index (χ3v) is 3.85. The van der Waals surface area contributed by atoms with Crippen molar-refractivity contribution in [3.63, 3.8) is 0 Å². The Morgan fingerprint density at radius 1 is 1.50 bits per heavy atom. The fourth-order valence-corrected chi connectivity index (χ4v) is 3.07. The largest absolute Gasteiger partial charge is 0.480 e. The second kappa shape index (κ2) is 5.99. The normalized spacial score (nSPS) is 30.4. The van der Waals surface area contributed by atoms with Gasteiger partial charge in [-0.2, -0.15) is 0 Å². The van der Waals surface area contributed by atoms with Gasteiger partial charge in [-0.25, -0.2) is 0 Å². The molecule has 0 aromatic carbocycles. The van der Waals surface area contributed by atoms with E-state index in [9.17, 15) is 9.90 Å². The van der Waals surface area contributed by atoms with Crippen LogP contribution in [0.25, 0.3) is 0 Å². The summed E-state index contributed by atoms with van der Waals surface area (Å²) in [6.45, 7) is 6.12. The van der Waals surface area contributed by atoms with Crippen LogP contribution in [0.4, 0.5) is 0 Å². The van der Waals surface area contributed by atoms with Gasteiger partial charge in [-0.05, 0) is 19.3 Å². The van der Waals surface area contributed by atoms with Crippen molar-refractivity contribution >= 4 is 5.97 Å². The van der Waals surface area contributed by atoms with Gasteiger partial charge in [0.25, 0.3) is 0 Å². The van der Waals surface area contributed by atoms with E-state index in [2.05, 4.69) is 10.2 Å². The molecule has 1 heterocycles. The van der Waals surface area contributed by atoms with Crippen molar-refractivity contribution in [1.82, 2.24) is 10.2 Å². The first-order chi connectivity index (χ1) is 8.58. The zero-order valence-electron chi connectivity index (χ0n) is 11.3. The van der Waals surface area contributed by atoms with Crippen molar-refractivity contribution in [3.05, 3.63) is 0 Å². The van der Waals surface area contributed by atoms with Gasteiger partial charge in [0.15, 0.2) is 0 Å². The van der Waals surface area contributed by atoms with E-state index in [1.165, 1.54) is 6.42 Å². The third kappa shape index (κ3) is 3.22. The van der Waals surface area contributed by atoms with E-state index < -0.39 is 12.0 Å². The van der Waals surface area contributed by atoms with Gasteiger partial charge >= 0.3 is 5.97 Å². The van der Waals surface area contributed by atoms with Crippen LogP contribution in [0.5, 0.6) is 0 Å². The second-order valence-electron chi connectivity index (χ2n) is 5.61. The van der Waals surface area contributed by atoms with Gasteiger partial charge < -0.3 is 15.2 Å². The molecular formula is C13H24N2O3. The molecule has 3 unspecified atom stereocenters. The topological polar surface area (TPSA) is 61.8 Å². The molecule has 0 spiro atoms. The van der Waals surface area contributed by atoms with E-state index in [4.69, 9.17) is 4.74 Å². The van der Waals surface area contributed by atoms with E-state index >= 15 is 0 Å². The molecule has 2 N–H and O–H groups in total. The number of fused-ring (bicyclic) bond motifs is 1. The van der Waals surface area contributed by atoms with Gasteiger partial charge in [0, 0.05) is 25.2 Å². The zero-order chi connectivity index (χ0) is 13.1. The minimum absolute atomic E-state index is 0.187. The van der Waals surface area contributed by atoms with E-state index in [0.29, 0.717) is 18.7 Å². The van der Waals surface area contributed by atoms with Gasteiger partial charge in [-0.3, -0.25) is 9.69 Å². The van der Waals surface area contributed by atoms with Crippen molar-refractivity contribution < 1.29 is 14.6 Å². The number of hydrogen-bond acceptors (Lipinski definition) is 4. The summed E-state index contributed by atoms with van der Waals surface area (Å²) in [5.41, 5.74) is 0. The molecule has 5 heteroatoms. The maximum atomic E-state index is 11.3. The summed E-state index contributed by atoms with van der Waals surface area (Å²) in [7, 11) is 0. The van der Waals surface area contributed by atoms with Crippen LogP contribution in [-0.4, -0.2) is 59.9 Å². The highest BCUT2D eigenvalue weighted by Crippen LogP contribution is 2.29. The number of carboxylic acid groups (broad SMARTS) is 1. The average molecular weight is 256 g/mol. The Hall–Kier alpha value is -0.650. The Morgan fingerprint density at radius 2 is 2.28 bits per heavy atom. The van der Waals surface area contributed by atoms with Gasteiger partial charge in [-0.15, -0.1) is 0 Å². The fourth-order valence-electron chi connectivity index (χ4n) is 3.07. The number of carbonyl (C=O) groups is 1. The molecule has 1 saturated carbocycles. The fraction of sp³-hybridized carbons (Fsp3) is 0.923. The third-order valence-electron chi connectivity index (χ3n) is 3.85. The number of nitrogens with one attached hydrogen (secondary N) is 1. The molecule has 1 aliphatic carbocycles. The highest BCUT2D eigenvalue weighted by molar-refractivity contribution is 5.73. The predicted molar refractivity (Wildman–Crippen MR) is 68.6 cm³/mol. The lowest BCUT2D eigenvalue weighted by molar-refractivity contribution is -0.141. The Labute approximate surface area is 108 Å². The van der Waals surface area contributed by atoms with Crippen molar-refractivity contribution in [1.29, 1.82) is 0 Å². The summed E-state index contributed by atoms with van der Waals surface area (Å²) >= 11 is 0. The van der Waals surface area contributed by atoms with E-state index in [1.54, 1.807) is 0 Å². The zero-order valence-corrected chi connectivity index (χ0v) is 11.3. The Kier molecular flexibility index (Phi) is 4.59. The molecule has 0 amide bonds. The number of rotatable bonds is 5. The second-order valence-corrected chi connectivity index (χ2v) is 5.61. The molecule has 3 atom stereocenters. The standard InChI is InChI=1S/C13H24N2O3/c1-9(2)14-10(13(16)17)8-15-6-7-18-12-5-3-4-11(12)15/h9-12,14H,3-8H2,1-2H3,(H,16,17). The lowest BCUT2D eigenvalue weighted by Gasteiger charge is -2.39. The average Bonchev–Trinajstić information content (AvgIpc) is 2.76. The summed E-state index contributed by atoms with van der Waals surface area (Å²) in [5.74, 6) is -0.760. The molecule has 2 fully saturated rings. The van der Waals surface area contributed by atoms with Gasteiger partial charge in [-0.1, -0.05) is 13.8 Å². The minimum atomic E-state index is -0.760. The number of aliphatic carboxylic acids is 1. The summed E-state index contributed by atoms with van der Waals surface area (Å²) in [4.78, 5) is 13.6. The van der Waals surface area contributed by atoms with Crippen LogP contribution in [0.2, 0.25) is 0 Å². The molecule has 0 aromatic rings. The summed E-state index contributed by atoms with van der Waals surface area (Å²) in [5, 5.41) is 12.4. The smallest absolute Gasteiger partial charge is 0.322 e. The Bertz CT molecular complexity index is 296. The van der Waals surface area contributed by atoms with E-state index in [1.807, 2.05) is 13.8 Å². The van der Waals surface area contributed by atoms with Crippen molar-refractivity contribution in [2.24, 2.45) is 0 Å². The first-order valence-electron chi connectivity index (χ1n) is 6.92. The predicted octanol–water partition coefficient (Wildman–Crippen LogP) is 0.691. The van der Waals surface area contributed by atoms with E-state index in [-0.39, 0.29) is 6.04 Å². The van der Waals surface area contributed by atoms with Crippen molar-refractivity contribution in [2.75, 3.05) is 19.7 Å². The molecule has 104 valence electrons. The quantitative estimate of drug-likeness (QED) is 0.758. The lowest BCUT2D eigenvalue weighted by Crippen LogP contribution is -2.55. The Morgan fingerprint density at radius 3 is 2.94 bits per heavy atom. The molecule has 1 saturated heterocycles. The molecule has 2 rings (SSSR count). The molecular weight excluding hydrogens is 232 g/mol. The number of ether oxygens (including phenoxy) is 1. The number of morpholine rings is 1. The highest BCUT2D eigenvalue weighted by atomic mass is 16.5. The number of carboxylic acids is 1. The van der Waals surface area contributed by atoms with Crippen LogP contribution < -0.4 is 5.32 Å². The Balaban J connectivity index is 1.95. The monoisotopic (exact) mass is 256 g/mol. The van der Waals surface area contributed by atoms with Crippen LogP contribution in [0.3, 0.4) is 0 Å². The van der Waals surface area contributed by atoms with Crippen LogP contribution in [0, 0.1) is 0 Å². The highest BCUT2D eigenvalue weighted by Gasteiger charge is 2.37. The SMILES string of the molecule is CC(C)NC(CN1CCOC2CCCC21)C(=O)O. The van der Waals surface area contributed by atoms with Gasteiger partial charge in [0.2, 0.25) is 0 Å². The van der Waals surface area contributed by atoms with E-state index in [0.717, 1.165) is 26.0 Å². The van der Waals surface area contributed by atoms with Crippen molar-refractivity contribution in [2.45, 2.75) is 57.3 Å². The minimum Gasteiger partial charge on any atom is -0.480 e.